The molecule has 1 aliphatic heterocycles. The Morgan fingerprint density at radius 2 is 2.37 bits per heavy atom. The van der Waals surface area contributed by atoms with Gasteiger partial charge in [0, 0.05) is 0 Å². The molecule has 5 heteroatoms. The molecule has 0 aliphatic carbocycles. The van der Waals surface area contributed by atoms with Crippen LogP contribution in [0.5, 0.6) is 0 Å². The Bertz CT molecular complexity index is 602. The number of rotatable bonds is 2. The van der Waals surface area contributed by atoms with E-state index in [2.05, 4.69) is 28.6 Å². The van der Waals surface area contributed by atoms with E-state index in [1.165, 1.54) is 16.9 Å². The topological polar surface area (TPSA) is 54.0 Å². The number of amides is 1. The first-order chi connectivity index (χ1) is 9.22. The van der Waals surface area contributed by atoms with Crippen molar-refractivity contribution in [2.45, 2.75) is 32.2 Å². The van der Waals surface area contributed by atoms with Crippen LogP contribution in [0.15, 0.2) is 18.2 Å². The maximum atomic E-state index is 12.1. The highest BCUT2D eigenvalue weighted by Gasteiger charge is 2.21. The zero-order chi connectivity index (χ0) is 13.2. The lowest BCUT2D eigenvalue weighted by Gasteiger charge is -2.21. The molecular weight excluding hydrogens is 258 g/mol. The number of aromatic nitrogens is 1. The molecule has 1 aromatic heterocycles. The predicted octanol–water partition coefficient (Wildman–Crippen LogP) is 2.69. The Kier molecular flexibility index (Phi) is 3.48. The molecule has 2 heterocycles. The normalized spacial score (nSPS) is 19.5. The number of benzene rings is 1. The Morgan fingerprint density at radius 3 is 3.16 bits per heavy atom. The second kappa shape index (κ2) is 5.27. The molecule has 1 aromatic carbocycles. The highest BCUT2D eigenvalue weighted by molar-refractivity contribution is 7.22. The van der Waals surface area contributed by atoms with Crippen molar-refractivity contribution in [1.82, 2.24) is 10.3 Å². The lowest BCUT2D eigenvalue weighted by molar-refractivity contribution is -0.118. The minimum Gasteiger partial charge on any atom is -0.306 e. The van der Waals surface area contributed by atoms with Crippen molar-refractivity contribution < 1.29 is 4.79 Å². The summed E-state index contributed by atoms with van der Waals surface area (Å²) < 4.78 is 1.12. The first-order valence-corrected chi connectivity index (χ1v) is 7.45. The van der Waals surface area contributed by atoms with Crippen molar-refractivity contribution in [1.29, 1.82) is 0 Å². The van der Waals surface area contributed by atoms with Crippen molar-refractivity contribution in [2.75, 3.05) is 11.9 Å². The van der Waals surface area contributed by atoms with Crippen molar-refractivity contribution in [3.05, 3.63) is 23.8 Å². The number of hydrogen-bond acceptors (Lipinski definition) is 4. The second-order valence-corrected chi connectivity index (χ2v) is 6.01. The predicted molar refractivity (Wildman–Crippen MR) is 78.6 cm³/mol. The lowest BCUT2D eigenvalue weighted by Crippen LogP contribution is -2.43. The molecule has 0 saturated carbocycles. The van der Waals surface area contributed by atoms with Crippen LogP contribution in [0.2, 0.25) is 0 Å². The van der Waals surface area contributed by atoms with Gasteiger partial charge in [0.15, 0.2) is 5.13 Å². The fourth-order valence-electron chi connectivity index (χ4n) is 2.35. The smallest absolute Gasteiger partial charge is 0.243 e. The highest BCUT2D eigenvalue weighted by atomic mass is 32.1. The second-order valence-electron chi connectivity index (χ2n) is 4.98. The lowest BCUT2D eigenvalue weighted by atomic mass is 10.0. The van der Waals surface area contributed by atoms with Crippen LogP contribution in [0.4, 0.5) is 5.13 Å². The number of aryl methyl sites for hydroxylation is 1. The van der Waals surface area contributed by atoms with Crippen molar-refractivity contribution in [3.8, 4) is 0 Å². The number of piperidine rings is 1. The van der Waals surface area contributed by atoms with Gasteiger partial charge in [-0.25, -0.2) is 4.98 Å². The number of hydrogen-bond donors (Lipinski definition) is 2. The average molecular weight is 275 g/mol. The highest BCUT2D eigenvalue weighted by Crippen LogP contribution is 2.26. The quantitative estimate of drug-likeness (QED) is 0.886. The maximum Gasteiger partial charge on any atom is 0.243 e. The maximum absolute atomic E-state index is 12.1. The van der Waals surface area contributed by atoms with Crippen LogP contribution >= 0.6 is 11.3 Å². The molecule has 4 nitrogen and oxygen atoms in total. The summed E-state index contributed by atoms with van der Waals surface area (Å²) in [6.45, 7) is 2.99. The summed E-state index contributed by atoms with van der Waals surface area (Å²) in [6, 6.07) is 6.07. The van der Waals surface area contributed by atoms with E-state index in [4.69, 9.17) is 0 Å². The van der Waals surface area contributed by atoms with E-state index in [0.29, 0.717) is 5.13 Å². The molecule has 100 valence electrons. The van der Waals surface area contributed by atoms with E-state index in [-0.39, 0.29) is 11.9 Å². The summed E-state index contributed by atoms with van der Waals surface area (Å²) in [5.41, 5.74) is 2.16. The minimum absolute atomic E-state index is 0.0375. The molecule has 19 heavy (non-hydrogen) atoms. The van der Waals surface area contributed by atoms with Gasteiger partial charge >= 0.3 is 0 Å². The van der Waals surface area contributed by atoms with E-state index in [9.17, 15) is 4.79 Å². The summed E-state index contributed by atoms with van der Waals surface area (Å²) in [6.07, 6.45) is 3.18. The van der Waals surface area contributed by atoms with Gasteiger partial charge in [-0.2, -0.15) is 0 Å². The fourth-order valence-corrected chi connectivity index (χ4v) is 3.32. The van der Waals surface area contributed by atoms with Gasteiger partial charge in [-0.3, -0.25) is 4.79 Å². The third-order valence-electron chi connectivity index (χ3n) is 3.40. The van der Waals surface area contributed by atoms with Gasteiger partial charge in [0.25, 0.3) is 0 Å². The third kappa shape index (κ3) is 2.77. The molecule has 1 saturated heterocycles. The number of carbonyl (C=O) groups excluding carboxylic acids is 1. The first kappa shape index (κ1) is 12.6. The fraction of sp³-hybridized carbons (Fsp3) is 0.429. The molecule has 3 rings (SSSR count). The van der Waals surface area contributed by atoms with Crippen LogP contribution in [0.3, 0.4) is 0 Å². The van der Waals surface area contributed by atoms with Crippen LogP contribution in [0, 0.1) is 6.92 Å². The summed E-state index contributed by atoms with van der Waals surface area (Å²) in [5, 5.41) is 6.87. The average Bonchev–Trinajstić information content (AvgIpc) is 2.81. The molecule has 0 spiro atoms. The van der Waals surface area contributed by atoms with Crippen LogP contribution in [-0.4, -0.2) is 23.5 Å². The Hall–Kier alpha value is -1.46. The summed E-state index contributed by atoms with van der Waals surface area (Å²) in [4.78, 5) is 16.6. The van der Waals surface area contributed by atoms with E-state index >= 15 is 0 Å². The van der Waals surface area contributed by atoms with E-state index in [1.807, 2.05) is 12.1 Å². The van der Waals surface area contributed by atoms with Gasteiger partial charge in [0.1, 0.15) is 0 Å². The summed E-state index contributed by atoms with van der Waals surface area (Å²) in [5.74, 6) is 0.0375. The third-order valence-corrected chi connectivity index (χ3v) is 4.33. The van der Waals surface area contributed by atoms with Gasteiger partial charge in [0.2, 0.25) is 5.91 Å². The number of fused-ring (bicyclic) bond motifs is 1. The van der Waals surface area contributed by atoms with Gasteiger partial charge in [0.05, 0.1) is 16.3 Å². The van der Waals surface area contributed by atoms with Gasteiger partial charge in [-0.15, -0.1) is 0 Å². The number of carbonyl (C=O) groups is 1. The zero-order valence-corrected chi connectivity index (χ0v) is 11.7. The Balaban J connectivity index is 1.75. The number of anilines is 1. The van der Waals surface area contributed by atoms with E-state index < -0.39 is 0 Å². The van der Waals surface area contributed by atoms with E-state index in [0.717, 1.165) is 36.0 Å². The Labute approximate surface area is 116 Å². The zero-order valence-electron chi connectivity index (χ0n) is 10.9. The number of nitrogens with one attached hydrogen (secondary N) is 2. The molecule has 1 atom stereocenters. The molecule has 1 unspecified atom stereocenters. The van der Waals surface area contributed by atoms with Crippen LogP contribution < -0.4 is 10.6 Å². The minimum atomic E-state index is -0.0671. The van der Waals surface area contributed by atoms with Crippen LogP contribution in [-0.2, 0) is 4.79 Å². The van der Waals surface area contributed by atoms with Crippen molar-refractivity contribution in [3.63, 3.8) is 0 Å². The number of nitrogens with zero attached hydrogens (tertiary/aromatic N) is 1. The molecule has 0 radical (unpaired) electrons. The van der Waals surface area contributed by atoms with Gasteiger partial charge in [-0.1, -0.05) is 23.8 Å². The largest absolute Gasteiger partial charge is 0.306 e. The molecule has 1 amide bonds. The van der Waals surface area contributed by atoms with Crippen molar-refractivity contribution >= 4 is 32.6 Å². The van der Waals surface area contributed by atoms with Crippen molar-refractivity contribution in [2.24, 2.45) is 0 Å². The van der Waals surface area contributed by atoms with Gasteiger partial charge in [-0.05, 0) is 44.0 Å². The standard InChI is InChI=1S/C14H17N3OS/c1-9-5-6-10-12(8-9)19-14(16-10)17-13(18)11-4-2-3-7-15-11/h5-6,8,11,15H,2-4,7H2,1H3,(H,16,17,18). The molecule has 2 aromatic rings. The first-order valence-electron chi connectivity index (χ1n) is 6.64. The van der Waals surface area contributed by atoms with Gasteiger partial charge < -0.3 is 10.6 Å². The van der Waals surface area contributed by atoms with Crippen LogP contribution in [0.25, 0.3) is 10.2 Å². The summed E-state index contributed by atoms with van der Waals surface area (Å²) in [7, 11) is 0. The monoisotopic (exact) mass is 275 g/mol. The molecule has 0 bridgehead atoms. The number of thiazole rings is 1. The molecule has 1 aliphatic rings. The summed E-state index contributed by atoms with van der Waals surface area (Å²) >= 11 is 1.53. The molecular formula is C14H17N3OS. The molecule has 2 N–H and O–H groups in total. The SMILES string of the molecule is Cc1ccc2nc(NC(=O)C3CCCCN3)sc2c1. The van der Waals surface area contributed by atoms with Crippen LogP contribution in [0.1, 0.15) is 24.8 Å². The van der Waals surface area contributed by atoms with E-state index in [1.54, 1.807) is 0 Å². The molecule has 1 fully saturated rings. The Morgan fingerprint density at radius 1 is 1.47 bits per heavy atom.